The molecule has 7 heteroatoms. The van der Waals surface area contributed by atoms with Crippen LogP contribution in [0.25, 0.3) is 11.5 Å². The van der Waals surface area contributed by atoms with Gasteiger partial charge in [-0.25, -0.2) is 8.42 Å². The van der Waals surface area contributed by atoms with Gasteiger partial charge in [-0.2, -0.15) is 0 Å². The molecule has 0 amide bonds. The summed E-state index contributed by atoms with van der Waals surface area (Å²) in [5, 5.41) is 10.8. The van der Waals surface area contributed by atoms with E-state index in [0.717, 1.165) is 6.26 Å². The first-order chi connectivity index (χ1) is 8.91. The van der Waals surface area contributed by atoms with Gasteiger partial charge < -0.3 is 9.73 Å². The number of hydrogen-bond acceptors (Lipinski definition) is 6. The summed E-state index contributed by atoms with van der Waals surface area (Å²) >= 11 is 0. The number of nitrogens with one attached hydrogen (secondary N) is 1. The molecule has 0 aliphatic rings. The molecule has 1 heterocycles. The van der Waals surface area contributed by atoms with Crippen molar-refractivity contribution in [3.63, 3.8) is 0 Å². The molecular formula is C12H15N3O3S. The van der Waals surface area contributed by atoms with Crippen LogP contribution in [0.3, 0.4) is 0 Å². The molecule has 2 aromatic rings. The summed E-state index contributed by atoms with van der Waals surface area (Å²) in [5.41, 5.74) is 0.588. The summed E-state index contributed by atoms with van der Waals surface area (Å²) in [6.45, 7) is 1.89. The zero-order chi connectivity index (χ0) is 14.0. The zero-order valence-corrected chi connectivity index (χ0v) is 11.7. The summed E-state index contributed by atoms with van der Waals surface area (Å²) < 4.78 is 28.5. The van der Waals surface area contributed by atoms with Crippen molar-refractivity contribution < 1.29 is 12.8 Å². The SMILES string of the molecule is CNC(C)c1nnc(-c2cccc(S(C)(=O)=O)c2)o1. The third-order valence-corrected chi connectivity index (χ3v) is 3.86. The Kier molecular flexibility index (Phi) is 3.68. The van der Waals surface area contributed by atoms with Gasteiger partial charge in [0.2, 0.25) is 11.8 Å². The first-order valence-corrected chi connectivity index (χ1v) is 7.62. The largest absolute Gasteiger partial charge is 0.419 e. The van der Waals surface area contributed by atoms with Crippen molar-refractivity contribution in [3.8, 4) is 11.5 Å². The number of benzene rings is 1. The maximum absolute atomic E-state index is 11.5. The summed E-state index contributed by atoms with van der Waals surface area (Å²) in [6, 6.07) is 6.38. The van der Waals surface area contributed by atoms with E-state index < -0.39 is 9.84 Å². The quantitative estimate of drug-likeness (QED) is 0.912. The molecule has 6 nitrogen and oxygen atoms in total. The van der Waals surface area contributed by atoms with Gasteiger partial charge in [0.15, 0.2) is 9.84 Å². The molecule has 102 valence electrons. The molecule has 0 radical (unpaired) electrons. The maximum Gasteiger partial charge on any atom is 0.247 e. The molecular weight excluding hydrogens is 266 g/mol. The Morgan fingerprint density at radius 1 is 1.32 bits per heavy atom. The molecule has 0 saturated heterocycles. The summed E-state index contributed by atoms with van der Waals surface area (Å²) in [6.07, 6.45) is 1.16. The van der Waals surface area contributed by atoms with Crippen LogP contribution < -0.4 is 5.32 Å². The third kappa shape index (κ3) is 2.99. The first kappa shape index (κ1) is 13.7. The van der Waals surface area contributed by atoms with E-state index in [4.69, 9.17) is 4.42 Å². The van der Waals surface area contributed by atoms with Crippen LogP contribution in [0.2, 0.25) is 0 Å². The molecule has 1 unspecified atom stereocenters. The van der Waals surface area contributed by atoms with Crippen LogP contribution in [0, 0.1) is 0 Å². The van der Waals surface area contributed by atoms with Gasteiger partial charge in [-0.15, -0.1) is 10.2 Å². The summed E-state index contributed by atoms with van der Waals surface area (Å²) in [5.74, 6) is 0.768. The van der Waals surface area contributed by atoms with Crippen molar-refractivity contribution >= 4 is 9.84 Å². The Morgan fingerprint density at radius 2 is 2.05 bits per heavy atom. The second-order valence-corrected chi connectivity index (χ2v) is 6.27. The van der Waals surface area contributed by atoms with E-state index >= 15 is 0 Å². The number of aromatic nitrogens is 2. The number of rotatable bonds is 4. The molecule has 0 saturated carbocycles. The van der Waals surface area contributed by atoms with Crippen LogP contribution in [-0.4, -0.2) is 31.9 Å². The van der Waals surface area contributed by atoms with Crippen molar-refractivity contribution in [2.45, 2.75) is 17.9 Å². The smallest absolute Gasteiger partial charge is 0.247 e. The van der Waals surface area contributed by atoms with Gasteiger partial charge in [-0.3, -0.25) is 0 Å². The molecule has 0 fully saturated rings. The molecule has 0 aliphatic heterocycles. The first-order valence-electron chi connectivity index (χ1n) is 5.73. The minimum atomic E-state index is -3.25. The highest BCUT2D eigenvalue weighted by atomic mass is 32.2. The second kappa shape index (κ2) is 5.10. The Hall–Kier alpha value is -1.73. The van der Waals surface area contributed by atoms with E-state index in [1.54, 1.807) is 19.2 Å². The van der Waals surface area contributed by atoms with Gasteiger partial charge in [-0.05, 0) is 32.2 Å². The molecule has 1 atom stereocenters. The van der Waals surface area contributed by atoms with E-state index in [9.17, 15) is 8.42 Å². The van der Waals surface area contributed by atoms with E-state index in [-0.39, 0.29) is 10.9 Å². The molecule has 0 aliphatic carbocycles. The zero-order valence-electron chi connectivity index (χ0n) is 10.9. The fraction of sp³-hybridized carbons (Fsp3) is 0.333. The van der Waals surface area contributed by atoms with E-state index in [0.29, 0.717) is 17.3 Å². The van der Waals surface area contributed by atoms with Gasteiger partial charge in [-0.1, -0.05) is 6.07 Å². The highest BCUT2D eigenvalue weighted by molar-refractivity contribution is 7.90. The lowest BCUT2D eigenvalue weighted by molar-refractivity contribution is 0.441. The highest BCUT2D eigenvalue weighted by Crippen LogP contribution is 2.23. The van der Waals surface area contributed by atoms with Gasteiger partial charge in [0.1, 0.15) is 0 Å². The molecule has 19 heavy (non-hydrogen) atoms. The lowest BCUT2D eigenvalue weighted by Gasteiger charge is -2.03. The van der Waals surface area contributed by atoms with Gasteiger partial charge in [0.05, 0.1) is 10.9 Å². The summed E-state index contributed by atoms with van der Waals surface area (Å²) in [7, 11) is -1.46. The van der Waals surface area contributed by atoms with Crippen LogP contribution >= 0.6 is 0 Å². The van der Waals surface area contributed by atoms with Crippen LogP contribution in [0.1, 0.15) is 18.9 Å². The fourth-order valence-electron chi connectivity index (χ4n) is 1.51. The maximum atomic E-state index is 11.5. The molecule has 0 spiro atoms. The lowest BCUT2D eigenvalue weighted by Crippen LogP contribution is -2.12. The lowest BCUT2D eigenvalue weighted by atomic mass is 10.2. The van der Waals surface area contributed by atoms with Crippen molar-refractivity contribution in [1.29, 1.82) is 0 Å². The monoisotopic (exact) mass is 281 g/mol. The second-order valence-electron chi connectivity index (χ2n) is 4.26. The Morgan fingerprint density at radius 3 is 2.68 bits per heavy atom. The number of nitrogens with zero attached hydrogens (tertiary/aromatic N) is 2. The average Bonchev–Trinajstić information content (AvgIpc) is 2.86. The predicted molar refractivity (Wildman–Crippen MR) is 70.3 cm³/mol. The predicted octanol–water partition coefficient (Wildman–Crippen LogP) is 1.42. The van der Waals surface area contributed by atoms with E-state index in [1.807, 2.05) is 6.92 Å². The van der Waals surface area contributed by atoms with Gasteiger partial charge in [0.25, 0.3) is 0 Å². The highest BCUT2D eigenvalue weighted by Gasteiger charge is 2.15. The molecule has 1 N–H and O–H groups in total. The minimum absolute atomic E-state index is 0.0562. The minimum Gasteiger partial charge on any atom is -0.419 e. The van der Waals surface area contributed by atoms with Crippen molar-refractivity contribution in [2.75, 3.05) is 13.3 Å². The van der Waals surface area contributed by atoms with Gasteiger partial charge >= 0.3 is 0 Å². The normalized spacial score (nSPS) is 13.4. The van der Waals surface area contributed by atoms with Crippen LogP contribution in [-0.2, 0) is 9.84 Å². The Balaban J connectivity index is 2.40. The standard InChI is InChI=1S/C12H15N3O3S/c1-8(13-2)11-14-15-12(18-11)9-5-4-6-10(7-9)19(3,16)17/h4-8,13H,1-3H3. The van der Waals surface area contributed by atoms with E-state index in [1.165, 1.54) is 12.1 Å². The average molecular weight is 281 g/mol. The van der Waals surface area contributed by atoms with Crippen molar-refractivity contribution in [1.82, 2.24) is 15.5 Å². The fourth-order valence-corrected chi connectivity index (χ4v) is 2.18. The van der Waals surface area contributed by atoms with Crippen LogP contribution in [0.4, 0.5) is 0 Å². The summed E-state index contributed by atoms with van der Waals surface area (Å²) in [4.78, 5) is 0.228. The number of sulfone groups is 1. The van der Waals surface area contributed by atoms with Crippen LogP contribution in [0.5, 0.6) is 0 Å². The topological polar surface area (TPSA) is 85.1 Å². The number of hydrogen-bond donors (Lipinski definition) is 1. The Bertz CT molecular complexity index is 679. The van der Waals surface area contributed by atoms with Gasteiger partial charge in [0, 0.05) is 11.8 Å². The van der Waals surface area contributed by atoms with Crippen molar-refractivity contribution in [2.24, 2.45) is 0 Å². The Labute approximate surface area is 111 Å². The molecule has 0 bridgehead atoms. The van der Waals surface area contributed by atoms with E-state index in [2.05, 4.69) is 15.5 Å². The molecule has 1 aromatic carbocycles. The van der Waals surface area contributed by atoms with Crippen molar-refractivity contribution in [3.05, 3.63) is 30.2 Å². The van der Waals surface area contributed by atoms with Crippen LogP contribution in [0.15, 0.2) is 33.6 Å². The molecule has 1 aromatic heterocycles. The third-order valence-electron chi connectivity index (χ3n) is 2.75. The molecule has 2 rings (SSSR count).